The molecule has 0 radical (unpaired) electrons. The second kappa shape index (κ2) is 4.34. The van der Waals surface area contributed by atoms with Crippen LogP contribution in [0.2, 0.25) is 0 Å². The van der Waals surface area contributed by atoms with Crippen LogP contribution < -0.4 is 10.2 Å². The van der Waals surface area contributed by atoms with Gasteiger partial charge in [0.2, 0.25) is 0 Å². The molecule has 0 spiro atoms. The summed E-state index contributed by atoms with van der Waals surface area (Å²) in [7, 11) is 2.10. The zero-order valence-corrected chi connectivity index (χ0v) is 10.7. The standard InChI is InChI=1S/C15H22N2/c1-16-15(8-9-15)12-13-6-2-3-7-14(13)17-10-4-5-11-17/h2-3,6-7,16H,4-5,8-12H2,1H3. The van der Waals surface area contributed by atoms with Gasteiger partial charge >= 0.3 is 0 Å². The number of hydrogen-bond donors (Lipinski definition) is 1. The van der Waals surface area contributed by atoms with Gasteiger partial charge in [-0.3, -0.25) is 0 Å². The van der Waals surface area contributed by atoms with Gasteiger partial charge in [-0.2, -0.15) is 0 Å². The lowest BCUT2D eigenvalue weighted by molar-refractivity contribution is 0.548. The van der Waals surface area contributed by atoms with Crippen LogP contribution >= 0.6 is 0 Å². The molecule has 1 saturated carbocycles. The van der Waals surface area contributed by atoms with Crippen LogP contribution in [0.3, 0.4) is 0 Å². The number of benzene rings is 1. The lowest BCUT2D eigenvalue weighted by Gasteiger charge is -2.23. The van der Waals surface area contributed by atoms with E-state index in [1.165, 1.54) is 56.4 Å². The molecule has 2 fully saturated rings. The molecule has 0 amide bonds. The summed E-state index contributed by atoms with van der Waals surface area (Å²) in [6, 6.07) is 8.97. The normalized spacial score (nSPS) is 21.8. The van der Waals surface area contributed by atoms with E-state index in [-0.39, 0.29) is 0 Å². The Kier molecular flexibility index (Phi) is 2.83. The Balaban J connectivity index is 1.83. The number of likely N-dealkylation sites (N-methyl/N-ethyl adjacent to an activating group) is 1. The molecule has 1 saturated heterocycles. The maximum Gasteiger partial charge on any atom is 0.0399 e. The Hall–Kier alpha value is -1.02. The predicted octanol–water partition coefficient (Wildman–Crippen LogP) is 2.58. The predicted molar refractivity (Wildman–Crippen MR) is 72.6 cm³/mol. The molecule has 0 aromatic heterocycles. The largest absolute Gasteiger partial charge is 0.371 e. The molecule has 1 N–H and O–H groups in total. The number of nitrogens with zero attached hydrogens (tertiary/aromatic N) is 1. The fourth-order valence-corrected chi connectivity index (χ4v) is 2.96. The van der Waals surface area contributed by atoms with E-state index in [2.05, 4.69) is 41.5 Å². The number of anilines is 1. The first-order valence-corrected chi connectivity index (χ1v) is 6.85. The maximum absolute atomic E-state index is 3.50. The minimum atomic E-state index is 0.413. The highest BCUT2D eigenvalue weighted by Crippen LogP contribution is 2.40. The maximum atomic E-state index is 3.50. The van der Waals surface area contributed by atoms with Crippen molar-refractivity contribution in [3.8, 4) is 0 Å². The molecule has 2 aliphatic rings. The lowest BCUT2D eigenvalue weighted by Crippen LogP contribution is -2.30. The summed E-state index contributed by atoms with van der Waals surface area (Å²) in [5.74, 6) is 0. The summed E-state index contributed by atoms with van der Waals surface area (Å²) >= 11 is 0. The minimum Gasteiger partial charge on any atom is -0.371 e. The van der Waals surface area contributed by atoms with Crippen molar-refractivity contribution in [1.29, 1.82) is 0 Å². The monoisotopic (exact) mass is 230 g/mol. The van der Waals surface area contributed by atoms with Crippen molar-refractivity contribution in [1.82, 2.24) is 5.32 Å². The van der Waals surface area contributed by atoms with Gasteiger partial charge in [-0.25, -0.2) is 0 Å². The van der Waals surface area contributed by atoms with Gasteiger partial charge in [-0.15, -0.1) is 0 Å². The van der Waals surface area contributed by atoms with Gasteiger partial charge < -0.3 is 10.2 Å². The molecular weight excluding hydrogens is 208 g/mol. The fourth-order valence-electron chi connectivity index (χ4n) is 2.96. The second-order valence-electron chi connectivity index (χ2n) is 5.53. The summed E-state index contributed by atoms with van der Waals surface area (Å²) in [6.07, 6.45) is 6.56. The van der Waals surface area contributed by atoms with E-state index in [9.17, 15) is 0 Å². The number of nitrogens with one attached hydrogen (secondary N) is 1. The molecule has 17 heavy (non-hydrogen) atoms. The molecule has 2 heteroatoms. The van der Waals surface area contributed by atoms with E-state index >= 15 is 0 Å². The molecule has 1 aromatic carbocycles. The van der Waals surface area contributed by atoms with Gasteiger partial charge in [0, 0.05) is 24.3 Å². The molecule has 2 nitrogen and oxygen atoms in total. The Labute approximate surface area is 104 Å². The average Bonchev–Trinajstić information content (AvgIpc) is 2.92. The molecule has 3 rings (SSSR count). The molecule has 0 unspecified atom stereocenters. The highest BCUT2D eigenvalue weighted by molar-refractivity contribution is 5.55. The zero-order valence-electron chi connectivity index (χ0n) is 10.7. The Morgan fingerprint density at radius 1 is 1.18 bits per heavy atom. The fraction of sp³-hybridized carbons (Fsp3) is 0.600. The lowest BCUT2D eigenvalue weighted by atomic mass is 10.0. The molecule has 0 bridgehead atoms. The second-order valence-corrected chi connectivity index (χ2v) is 5.53. The van der Waals surface area contributed by atoms with Crippen LogP contribution in [0.5, 0.6) is 0 Å². The number of hydrogen-bond acceptors (Lipinski definition) is 2. The van der Waals surface area contributed by atoms with Crippen molar-refractivity contribution in [2.45, 2.75) is 37.6 Å². The van der Waals surface area contributed by atoms with Gasteiger partial charge in [0.05, 0.1) is 0 Å². The molecule has 1 heterocycles. The van der Waals surface area contributed by atoms with Gasteiger partial charge in [-0.1, -0.05) is 18.2 Å². The minimum absolute atomic E-state index is 0.413. The van der Waals surface area contributed by atoms with Crippen LogP contribution in [0.15, 0.2) is 24.3 Å². The third-order valence-corrected chi connectivity index (χ3v) is 4.35. The van der Waals surface area contributed by atoms with E-state index < -0.39 is 0 Å². The number of rotatable bonds is 4. The molecule has 1 aliphatic carbocycles. The van der Waals surface area contributed by atoms with Crippen molar-refractivity contribution in [2.24, 2.45) is 0 Å². The highest BCUT2D eigenvalue weighted by Gasteiger charge is 2.41. The summed E-state index contributed by atoms with van der Waals surface area (Å²) in [4.78, 5) is 2.56. The zero-order chi connectivity index (χ0) is 11.7. The van der Waals surface area contributed by atoms with Crippen LogP contribution in [-0.2, 0) is 6.42 Å². The average molecular weight is 230 g/mol. The van der Waals surface area contributed by atoms with E-state index in [1.807, 2.05) is 0 Å². The van der Waals surface area contributed by atoms with Crippen molar-refractivity contribution >= 4 is 5.69 Å². The number of para-hydroxylation sites is 1. The Morgan fingerprint density at radius 3 is 2.53 bits per heavy atom. The third-order valence-electron chi connectivity index (χ3n) is 4.35. The molecule has 92 valence electrons. The van der Waals surface area contributed by atoms with E-state index in [4.69, 9.17) is 0 Å². The van der Waals surface area contributed by atoms with E-state index in [1.54, 1.807) is 0 Å². The molecule has 1 aliphatic heterocycles. The summed E-state index contributed by atoms with van der Waals surface area (Å²) in [5.41, 5.74) is 3.42. The van der Waals surface area contributed by atoms with E-state index in [0.717, 1.165) is 0 Å². The first-order valence-electron chi connectivity index (χ1n) is 6.85. The quantitative estimate of drug-likeness (QED) is 0.855. The van der Waals surface area contributed by atoms with Gasteiger partial charge in [0.25, 0.3) is 0 Å². The highest BCUT2D eigenvalue weighted by atomic mass is 15.1. The van der Waals surface area contributed by atoms with Crippen molar-refractivity contribution < 1.29 is 0 Å². The molecule has 0 atom stereocenters. The Morgan fingerprint density at radius 2 is 1.88 bits per heavy atom. The molecular formula is C15H22N2. The van der Waals surface area contributed by atoms with Crippen molar-refractivity contribution in [3.63, 3.8) is 0 Å². The molecule has 1 aromatic rings. The van der Waals surface area contributed by atoms with Crippen LogP contribution in [0, 0.1) is 0 Å². The van der Waals surface area contributed by atoms with Gasteiger partial charge in [0.15, 0.2) is 0 Å². The van der Waals surface area contributed by atoms with Crippen molar-refractivity contribution in [3.05, 3.63) is 29.8 Å². The van der Waals surface area contributed by atoms with Crippen molar-refractivity contribution in [2.75, 3.05) is 25.0 Å². The van der Waals surface area contributed by atoms with E-state index in [0.29, 0.717) is 5.54 Å². The van der Waals surface area contributed by atoms with Crippen LogP contribution in [0.4, 0.5) is 5.69 Å². The SMILES string of the molecule is CNC1(Cc2ccccc2N2CCCC2)CC1. The summed E-state index contributed by atoms with van der Waals surface area (Å²) < 4.78 is 0. The third kappa shape index (κ3) is 2.19. The van der Waals surface area contributed by atoms with Crippen LogP contribution in [-0.4, -0.2) is 25.7 Å². The summed E-state index contributed by atoms with van der Waals surface area (Å²) in [6.45, 7) is 2.48. The van der Waals surface area contributed by atoms with Gasteiger partial charge in [-0.05, 0) is 50.8 Å². The topological polar surface area (TPSA) is 15.3 Å². The van der Waals surface area contributed by atoms with Crippen LogP contribution in [0.1, 0.15) is 31.2 Å². The summed E-state index contributed by atoms with van der Waals surface area (Å²) in [5, 5.41) is 3.50. The Bertz CT molecular complexity index is 390. The first kappa shape index (κ1) is 11.1. The van der Waals surface area contributed by atoms with Gasteiger partial charge in [0.1, 0.15) is 0 Å². The first-order chi connectivity index (χ1) is 8.33. The van der Waals surface area contributed by atoms with Crippen LogP contribution in [0.25, 0.3) is 0 Å². The smallest absolute Gasteiger partial charge is 0.0399 e.